The first-order valence-electron chi connectivity index (χ1n) is 6.50. The zero-order valence-corrected chi connectivity index (χ0v) is 13.6. The number of benzene rings is 1. The molecule has 1 aliphatic heterocycles. The van der Waals surface area contributed by atoms with Gasteiger partial charge in [0, 0.05) is 14.9 Å². The third kappa shape index (κ3) is 2.67. The fourth-order valence-corrected chi connectivity index (χ4v) is 4.66. The van der Waals surface area contributed by atoms with E-state index in [0.717, 1.165) is 16.4 Å². The Kier molecular flexibility index (Phi) is 3.94. The van der Waals surface area contributed by atoms with Crippen LogP contribution in [0.25, 0.3) is 0 Å². The molecule has 1 aromatic carbocycles. The lowest BCUT2D eigenvalue weighted by atomic mass is 10.1. The number of halogens is 1. The topological polar surface area (TPSA) is 57.6 Å². The van der Waals surface area contributed by atoms with Crippen molar-refractivity contribution < 1.29 is 14.7 Å². The second-order valence-corrected chi connectivity index (χ2v) is 7.53. The molecule has 0 aromatic heterocycles. The Morgan fingerprint density at radius 2 is 2.10 bits per heavy atom. The lowest BCUT2D eigenvalue weighted by Gasteiger charge is -2.27. The highest BCUT2D eigenvalue weighted by molar-refractivity contribution is 14.1. The van der Waals surface area contributed by atoms with E-state index in [1.807, 2.05) is 18.2 Å². The molecule has 1 heterocycles. The van der Waals surface area contributed by atoms with Gasteiger partial charge >= 0.3 is 5.97 Å². The van der Waals surface area contributed by atoms with Crippen LogP contribution in [0.3, 0.4) is 0 Å². The van der Waals surface area contributed by atoms with E-state index in [1.54, 1.807) is 22.7 Å². The molecule has 2 atom stereocenters. The van der Waals surface area contributed by atoms with Crippen LogP contribution in [0.5, 0.6) is 0 Å². The Morgan fingerprint density at radius 1 is 1.35 bits per heavy atom. The van der Waals surface area contributed by atoms with E-state index in [9.17, 15) is 14.7 Å². The highest BCUT2D eigenvalue weighted by Crippen LogP contribution is 2.45. The minimum atomic E-state index is -0.903. The first-order chi connectivity index (χ1) is 9.58. The summed E-state index contributed by atoms with van der Waals surface area (Å²) in [5.41, 5.74) is 0.580. The number of amides is 1. The number of hydrogen-bond acceptors (Lipinski definition) is 3. The quantitative estimate of drug-likeness (QED) is 0.789. The molecule has 2 fully saturated rings. The van der Waals surface area contributed by atoms with Crippen molar-refractivity contribution in [1.29, 1.82) is 0 Å². The van der Waals surface area contributed by atoms with Crippen molar-refractivity contribution >= 4 is 46.2 Å². The number of thioether (sulfide) groups is 1. The maximum Gasteiger partial charge on any atom is 0.327 e. The molecular formula is C14H14INO3S. The Bertz CT molecular complexity index is 561. The van der Waals surface area contributed by atoms with Crippen molar-refractivity contribution in [2.24, 2.45) is 5.92 Å². The van der Waals surface area contributed by atoms with Gasteiger partial charge in [0.25, 0.3) is 5.91 Å². The predicted octanol–water partition coefficient (Wildman–Crippen LogP) is 2.67. The molecule has 3 rings (SSSR count). The zero-order chi connectivity index (χ0) is 14.3. The van der Waals surface area contributed by atoms with Crippen LogP contribution in [-0.4, -0.2) is 39.1 Å². The molecule has 2 aliphatic rings. The summed E-state index contributed by atoms with van der Waals surface area (Å²) in [6.07, 6.45) is 2.19. The summed E-state index contributed by atoms with van der Waals surface area (Å²) in [5, 5.41) is 9.37. The lowest BCUT2D eigenvalue weighted by molar-refractivity contribution is -0.141. The maximum absolute atomic E-state index is 12.7. The van der Waals surface area contributed by atoms with E-state index < -0.39 is 12.0 Å². The second kappa shape index (κ2) is 5.55. The average Bonchev–Trinajstić information content (AvgIpc) is 3.16. The molecule has 1 aliphatic carbocycles. The van der Waals surface area contributed by atoms with Gasteiger partial charge in [-0.3, -0.25) is 4.79 Å². The highest BCUT2D eigenvalue weighted by Gasteiger charge is 2.48. The molecule has 0 spiro atoms. The molecule has 6 heteroatoms. The molecule has 1 saturated carbocycles. The van der Waals surface area contributed by atoms with Gasteiger partial charge < -0.3 is 10.0 Å². The van der Waals surface area contributed by atoms with Crippen LogP contribution in [0.1, 0.15) is 23.2 Å². The van der Waals surface area contributed by atoms with Crippen molar-refractivity contribution in [2.45, 2.75) is 24.3 Å². The smallest absolute Gasteiger partial charge is 0.327 e. The molecule has 0 radical (unpaired) electrons. The van der Waals surface area contributed by atoms with E-state index >= 15 is 0 Å². The number of hydrogen-bond donors (Lipinski definition) is 1. The molecule has 0 bridgehead atoms. The Labute approximate surface area is 135 Å². The van der Waals surface area contributed by atoms with Crippen LogP contribution in [0.4, 0.5) is 0 Å². The summed E-state index contributed by atoms with van der Waals surface area (Å²) in [5.74, 6) is -0.0971. The van der Waals surface area contributed by atoms with Crippen LogP contribution in [0.15, 0.2) is 24.3 Å². The van der Waals surface area contributed by atoms with Gasteiger partial charge in [-0.1, -0.05) is 6.07 Å². The summed E-state index contributed by atoms with van der Waals surface area (Å²) >= 11 is 3.77. The first kappa shape index (κ1) is 14.2. The third-order valence-corrected chi connectivity index (χ3v) is 5.78. The molecule has 106 valence electrons. The monoisotopic (exact) mass is 403 g/mol. The summed E-state index contributed by atoms with van der Waals surface area (Å²) < 4.78 is 0.982. The van der Waals surface area contributed by atoms with Gasteiger partial charge in [-0.15, -0.1) is 11.8 Å². The Hall–Kier alpha value is -0.760. The minimum Gasteiger partial charge on any atom is -0.480 e. The molecule has 20 heavy (non-hydrogen) atoms. The van der Waals surface area contributed by atoms with Crippen LogP contribution in [0.2, 0.25) is 0 Å². The fraction of sp³-hybridized carbons (Fsp3) is 0.429. The third-order valence-electron chi connectivity index (χ3n) is 3.65. The first-order valence-corrected chi connectivity index (χ1v) is 8.63. The van der Waals surface area contributed by atoms with Crippen molar-refractivity contribution in [1.82, 2.24) is 4.90 Å². The van der Waals surface area contributed by atoms with Crippen molar-refractivity contribution in [2.75, 3.05) is 5.75 Å². The van der Waals surface area contributed by atoms with E-state index in [4.69, 9.17) is 0 Å². The number of carboxylic acid groups (broad SMARTS) is 1. The van der Waals surface area contributed by atoms with E-state index in [0.29, 0.717) is 17.2 Å². The van der Waals surface area contributed by atoms with Gasteiger partial charge in [0.1, 0.15) is 6.04 Å². The molecule has 1 saturated heterocycles. The van der Waals surface area contributed by atoms with Gasteiger partial charge in [-0.2, -0.15) is 0 Å². The molecule has 1 aromatic rings. The molecule has 1 N–H and O–H groups in total. The number of carbonyl (C=O) groups is 2. The molecule has 1 amide bonds. The van der Waals surface area contributed by atoms with Crippen molar-refractivity contribution in [3.63, 3.8) is 0 Å². The number of carboxylic acids is 1. The lowest BCUT2D eigenvalue weighted by Crippen LogP contribution is -2.46. The molecule has 2 unspecified atom stereocenters. The highest BCUT2D eigenvalue weighted by atomic mass is 127. The minimum absolute atomic E-state index is 0.0291. The summed E-state index contributed by atoms with van der Waals surface area (Å²) in [6.45, 7) is 0. The second-order valence-electron chi connectivity index (χ2n) is 5.14. The Balaban J connectivity index is 1.90. The average molecular weight is 403 g/mol. The van der Waals surface area contributed by atoms with E-state index in [2.05, 4.69) is 22.6 Å². The van der Waals surface area contributed by atoms with Gasteiger partial charge in [0.15, 0.2) is 0 Å². The van der Waals surface area contributed by atoms with Crippen molar-refractivity contribution in [3.05, 3.63) is 33.4 Å². The zero-order valence-electron chi connectivity index (χ0n) is 10.7. The van der Waals surface area contributed by atoms with Gasteiger partial charge in [-0.05, 0) is 59.5 Å². The van der Waals surface area contributed by atoms with Gasteiger partial charge in [0.05, 0.1) is 5.37 Å². The van der Waals surface area contributed by atoms with E-state index in [1.165, 1.54) is 0 Å². The van der Waals surface area contributed by atoms with Crippen LogP contribution < -0.4 is 0 Å². The fourth-order valence-electron chi connectivity index (χ4n) is 2.49. The predicted molar refractivity (Wildman–Crippen MR) is 85.7 cm³/mol. The number of carbonyl (C=O) groups excluding carboxylic acids is 1. The number of aliphatic carboxylic acids is 1. The van der Waals surface area contributed by atoms with Gasteiger partial charge in [0.2, 0.25) is 0 Å². The normalized spacial score (nSPS) is 25.8. The summed E-state index contributed by atoms with van der Waals surface area (Å²) in [7, 11) is 0. The largest absolute Gasteiger partial charge is 0.480 e. The molecular weight excluding hydrogens is 389 g/mol. The SMILES string of the molecule is O=C(O)C1CSC(C2CC2)N1C(=O)c1cccc(I)c1. The van der Waals surface area contributed by atoms with Crippen LogP contribution >= 0.6 is 34.4 Å². The number of rotatable bonds is 3. The summed E-state index contributed by atoms with van der Waals surface area (Å²) in [4.78, 5) is 25.7. The molecule has 4 nitrogen and oxygen atoms in total. The van der Waals surface area contributed by atoms with Crippen molar-refractivity contribution in [3.8, 4) is 0 Å². The Morgan fingerprint density at radius 3 is 2.70 bits per heavy atom. The maximum atomic E-state index is 12.7. The summed E-state index contributed by atoms with van der Waals surface area (Å²) in [6, 6.07) is 6.63. The van der Waals surface area contributed by atoms with E-state index in [-0.39, 0.29) is 11.3 Å². The standard InChI is InChI=1S/C14H14INO3S/c15-10-3-1-2-9(6-10)12(17)16-11(14(18)19)7-20-13(16)8-4-5-8/h1-3,6,8,11,13H,4-5,7H2,(H,18,19). The van der Waals surface area contributed by atoms with Crippen LogP contribution in [0, 0.1) is 9.49 Å². The number of nitrogens with zero attached hydrogens (tertiary/aromatic N) is 1. The van der Waals surface area contributed by atoms with Crippen LogP contribution in [-0.2, 0) is 4.79 Å². The van der Waals surface area contributed by atoms with Gasteiger partial charge in [-0.25, -0.2) is 4.79 Å².